The van der Waals surface area contributed by atoms with Crippen LogP contribution >= 0.6 is 22.6 Å². The van der Waals surface area contributed by atoms with Crippen molar-refractivity contribution in [3.63, 3.8) is 0 Å². The number of anilines is 1. The zero-order chi connectivity index (χ0) is 29.8. The number of rotatable bonds is 8. The van der Waals surface area contributed by atoms with E-state index in [-0.39, 0.29) is 29.0 Å². The number of halogens is 7. The van der Waals surface area contributed by atoms with Gasteiger partial charge in [-0.2, -0.15) is 26.3 Å². The van der Waals surface area contributed by atoms with Crippen LogP contribution in [0, 0.1) is 10.5 Å². The third kappa shape index (κ3) is 8.70. The number of nitrogens with one attached hydrogen (secondary N) is 2. The van der Waals surface area contributed by atoms with Crippen LogP contribution in [0.3, 0.4) is 0 Å². The Labute approximate surface area is 234 Å². The van der Waals surface area contributed by atoms with E-state index in [4.69, 9.17) is 4.74 Å². The van der Waals surface area contributed by atoms with Gasteiger partial charge in [-0.3, -0.25) is 9.59 Å². The van der Waals surface area contributed by atoms with E-state index in [9.17, 15) is 40.7 Å². The average molecular weight is 670 g/mol. The molecule has 2 aromatic carbocycles. The summed E-state index contributed by atoms with van der Waals surface area (Å²) >= 11 is 1.85. The van der Waals surface area contributed by atoms with Crippen molar-refractivity contribution in [2.45, 2.75) is 51.5 Å². The molecule has 2 N–H and O–H groups in total. The average Bonchev–Trinajstić information content (AvgIpc) is 2.77. The molecule has 2 rings (SSSR count). The van der Waals surface area contributed by atoms with Crippen molar-refractivity contribution in [1.29, 1.82) is 0 Å². The minimum atomic E-state index is -5.56. The van der Waals surface area contributed by atoms with Crippen LogP contribution < -0.4 is 10.6 Å². The molecule has 0 spiro atoms. The molecule has 0 fully saturated rings. The number of ether oxygens (including phenoxy) is 1. The number of esters is 1. The fourth-order valence-corrected chi connectivity index (χ4v) is 4.31. The first-order valence-corrected chi connectivity index (χ1v) is 12.5. The van der Waals surface area contributed by atoms with Gasteiger partial charge in [0.25, 0.3) is 11.8 Å². The Balaban J connectivity index is 2.34. The topological polar surface area (TPSA) is 84.5 Å². The molecule has 0 saturated carbocycles. The Hall–Kier alpha value is -3.10. The summed E-state index contributed by atoms with van der Waals surface area (Å²) in [6.07, 6.45) is -8.55. The van der Waals surface area contributed by atoms with Crippen molar-refractivity contribution in [1.82, 2.24) is 5.32 Å². The molecule has 0 aliphatic heterocycles. The van der Waals surface area contributed by atoms with E-state index < -0.39 is 47.2 Å². The van der Waals surface area contributed by atoms with Crippen molar-refractivity contribution < 1.29 is 45.5 Å². The smallest absolute Gasteiger partial charge is 0.404 e. The van der Waals surface area contributed by atoms with Gasteiger partial charge in [0.1, 0.15) is 0 Å². The first-order chi connectivity index (χ1) is 17.9. The largest absolute Gasteiger partial charge is 0.463 e. The highest BCUT2D eigenvalue weighted by Crippen LogP contribution is 2.46. The summed E-state index contributed by atoms with van der Waals surface area (Å²) < 4.78 is 83.9. The van der Waals surface area contributed by atoms with Gasteiger partial charge in [-0.25, -0.2) is 4.79 Å². The van der Waals surface area contributed by atoms with Gasteiger partial charge in [0.05, 0.1) is 23.3 Å². The van der Waals surface area contributed by atoms with Crippen LogP contribution in [0.15, 0.2) is 48.6 Å². The van der Waals surface area contributed by atoms with Gasteiger partial charge >= 0.3 is 18.3 Å². The summed E-state index contributed by atoms with van der Waals surface area (Å²) in [5, 5.41) is 5.15. The number of hydrogen-bond donors (Lipinski definition) is 2. The maximum atomic E-state index is 13.1. The summed E-state index contributed by atoms with van der Waals surface area (Å²) in [6.45, 7) is 6.28. The molecule has 0 atom stereocenters. The molecule has 39 heavy (non-hydrogen) atoms. The van der Waals surface area contributed by atoms with Crippen LogP contribution in [0.2, 0.25) is 0 Å². The van der Waals surface area contributed by atoms with Gasteiger partial charge in [-0.15, -0.1) is 0 Å². The van der Waals surface area contributed by atoms with E-state index >= 15 is 0 Å². The fourth-order valence-electron chi connectivity index (χ4n) is 3.57. The lowest BCUT2D eigenvalue weighted by molar-refractivity contribution is -0.253. The van der Waals surface area contributed by atoms with E-state index in [0.717, 1.165) is 12.1 Å². The zero-order valence-electron chi connectivity index (χ0n) is 21.2. The molecule has 2 amide bonds. The number of benzene rings is 2. The zero-order valence-corrected chi connectivity index (χ0v) is 23.3. The quantitative estimate of drug-likeness (QED) is 0.142. The summed E-state index contributed by atoms with van der Waals surface area (Å²) in [4.78, 5) is 37.9. The van der Waals surface area contributed by atoms with Crippen LogP contribution in [0.25, 0.3) is 0 Å². The van der Waals surface area contributed by atoms with E-state index in [2.05, 4.69) is 10.6 Å². The minimum Gasteiger partial charge on any atom is -0.463 e. The van der Waals surface area contributed by atoms with E-state index in [0.29, 0.717) is 15.7 Å². The second-order valence-electron chi connectivity index (χ2n) is 8.97. The monoisotopic (exact) mass is 670 g/mol. The maximum Gasteiger partial charge on any atom is 0.404 e. The highest BCUT2D eigenvalue weighted by molar-refractivity contribution is 14.1. The second kappa shape index (κ2) is 12.4. The molecule has 13 heteroatoms. The summed E-state index contributed by atoms with van der Waals surface area (Å²) in [5.74, 6) is -5.75. The maximum absolute atomic E-state index is 13.1. The van der Waals surface area contributed by atoms with Crippen LogP contribution in [0.1, 0.15) is 58.5 Å². The summed E-state index contributed by atoms with van der Waals surface area (Å²) in [7, 11) is 0. The highest BCUT2D eigenvalue weighted by Gasteiger charge is 2.57. The van der Waals surface area contributed by atoms with Crippen LogP contribution in [0.5, 0.6) is 0 Å². The normalized spacial score (nSPS) is 12.5. The number of aryl methyl sites for hydroxylation is 1. The van der Waals surface area contributed by atoms with Gasteiger partial charge in [0.15, 0.2) is 5.92 Å². The van der Waals surface area contributed by atoms with Crippen molar-refractivity contribution in [2.75, 3.05) is 11.9 Å². The molecule has 0 aliphatic rings. The van der Waals surface area contributed by atoms with E-state index in [1.54, 1.807) is 26.8 Å². The summed E-state index contributed by atoms with van der Waals surface area (Å²) in [5.41, 5.74) is -2.22. The van der Waals surface area contributed by atoms with Crippen molar-refractivity contribution >= 4 is 46.1 Å². The molecule has 0 saturated heterocycles. The highest BCUT2D eigenvalue weighted by atomic mass is 127. The number of alkyl halides is 6. The van der Waals surface area contributed by atoms with E-state index in [1.807, 2.05) is 22.6 Å². The van der Waals surface area contributed by atoms with Gasteiger partial charge in [-0.1, -0.05) is 24.3 Å². The third-order valence-electron chi connectivity index (χ3n) is 5.33. The Kier molecular flexibility index (Phi) is 10.2. The molecule has 0 bridgehead atoms. The molecule has 0 heterocycles. The van der Waals surface area contributed by atoms with Crippen molar-refractivity contribution in [3.8, 4) is 0 Å². The number of hydrogen-bond acceptors (Lipinski definition) is 4. The van der Waals surface area contributed by atoms with Crippen LogP contribution in [0.4, 0.5) is 32.0 Å². The standard InChI is InChI=1S/C26H25F6IN2O4/c1-5-39-19(36)11-12-24(3,4)35-23(38)20-16(7-6-8-17(20)33)22(37)34-18-10-9-15(13-14(18)2)21(25(27,28)29)26(30,31)32/h6-13,21H,5H2,1-4H3,(H,34,37)(H,35,38)/b12-11+. The van der Waals surface area contributed by atoms with Gasteiger partial charge in [0, 0.05) is 15.3 Å². The molecule has 6 nitrogen and oxygen atoms in total. The van der Waals surface area contributed by atoms with Crippen LogP contribution in [-0.4, -0.2) is 42.3 Å². The van der Waals surface area contributed by atoms with Crippen molar-refractivity contribution in [3.05, 3.63) is 74.4 Å². The van der Waals surface area contributed by atoms with Gasteiger partial charge < -0.3 is 15.4 Å². The molecule has 0 aliphatic carbocycles. The predicted molar refractivity (Wildman–Crippen MR) is 140 cm³/mol. The fraction of sp³-hybridized carbons (Fsp3) is 0.346. The lowest BCUT2D eigenvalue weighted by Crippen LogP contribution is -2.43. The predicted octanol–water partition coefficient (Wildman–Crippen LogP) is 6.69. The molecular weight excluding hydrogens is 645 g/mol. The Morgan fingerprint density at radius 3 is 2.15 bits per heavy atom. The Bertz CT molecular complexity index is 1260. The number of carbonyl (C=O) groups excluding carboxylic acids is 3. The third-order valence-corrected chi connectivity index (χ3v) is 6.23. The van der Waals surface area contributed by atoms with Crippen LogP contribution in [-0.2, 0) is 9.53 Å². The van der Waals surface area contributed by atoms with E-state index in [1.165, 1.54) is 25.1 Å². The molecule has 212 valence electrons. The molecule has 0 unspecified atom stereocenters. The molecular formula is C26H25F6IN2O4. The molecule has 0 aromatic heterocycles. The molecule has 0 radical (unpaired) electrons. The van der Waals surface area contributed by atoms with Gasteiger partial charge in [-0.05, 0) is 79.6 Å². The first-order valence-electron chi connectivity index (χ1n) is 11.4. The first kappa shape index (κ1) is 32.1. The minimum absolute atomic E-state index is 0.0170. The van der Waals surface area contributed by atoms with Crippen molar-refractivity contribution in [2.24, 2.45) is 0 Å². The summed E-state index contributed by atoms with van der Waals surface area (Å²) in [6, 6.07) is 6.73. The SMILES string of the molecule is CCOC(=O)/C=C/C(C)(C)NC(=O)c1c(I)cccc1C(=O)Nc1ccc(C(C(F)(F)F)C(F)(F)F)cc1C. The molecule has 2 aromatic rings. The lowest BCUT2D eigenvalue weighted by Gasteiger charge is -2.24. The van der Waals surface area contributed by atoms with Gasteiger partial charge in [0.2, 0.25) is 0 Å². The number of amides is 2. The second-order valence-corrected chi connectivity index (χ2v) is 10.1. The number of carbonyl (C=O) groups is 3. The Morgan fingerprint density at radius 1 is 1.00 bits per heavy atom. The Morgan fingerprint density at radius 2 is 1.62 bits per heavy atom. The lowest BCUT2D eigenvalue weighted by atomic mass is 9.95.